The van der Waals surface area contributed by atoms with Crippen LogP contribution in [0.25, 0.3) is 16.4 Å². The molecule has 1 N–H and O–H groups in total. The fourth-order valence-electron chi connectivity index (χ4n) is 3.81. The van der Waals surface area contributed by atoms with Gasteiger partial charge in [-0.1, -0.05) is 42.1 Å². The third-order valence-electron chi connectivity index (χ3n) is 5.21. The standard InChI is InChI=1S/C23H19FN4OS2/c24-17-7-9-19(10-8-17)28-22(20-6-3-11-30-20)26-27-23(28)31-14-21(29)25-18-12-15-4-1-2-5-16(15)13-18/h1-11,18H,12-14H2,(H,25,29). The number of carbonyl (C=O) groups excluding carboxylic acids is 1. The van der Waals surface area contributed by atoms with Crippen molar-refractivity contribution in [2.45, 2.75) is 24.0 Å². The van der Waals surface area contributed by atoms with Gasteiger partial charge in [-0.3, -0.25) is 9.36 Å². The number of hydrogen-bond donors (Lipinski definition) is 1. The number of nitrogens with zero attached hydrogens (tertiary/aromatic N) is 3. The van der Waals surface area contributed by atoms with Crippen molar-refractivity contribution in [3.8, 4) is 16.4 Å². The zero-order chi connectivity index (χ0) is 21.2. The lowest BCUT2D eigenvalue weighted by molar-refractivity contribution is -0.119. The Morgan fingerprint density at radius 3 is 2.48 bits per heavy atom. The number of amides is 1. The lowest BCUT2D eigenvalue weighted by atomic mass is 10.1. The van der Waals surface area contributed by atoms with Crippen LogP contribution in [0.5, 0.6) is 0 Å². The first-order chi connectivity index (χ1) is 15.2. The van der Waals surface area contributed by atoms with Crippen molar-refractivity contribution >= 4 is 29.0 Å². The summed E-state index contributed by atoms with van der Waals surface area (Å²) in [5.41, 5.74) is 3.36. The van der Waals surface area contributed by atoms with Crippen LogP contribution < -0.4 is 5.32 Å². The Bertz CT molecular complexity index is 1180. The van der Waals surface area contributed by atoms with Crippen molar-refractivity contribution < 1.29 is 9.18 Å². The smallest absolute Gasteiger partial charge is 0.230 e. The Morgan fingerprint density at radius 1 is 1.06 bits per heavy atom. The highest BCUT2D eigenvalue weighted by molar-refractivity contribution is 7.99. The van der Waals surface area contributed by atoms with E-state index in [4.69, 9.17) is 0 Å². The van der Waals surface area contributed by atoms with E-state index in [1.54, 1.807) is 23.5 Å². The van der Waals surface area contributed by atoms with Crippen LogP contribution >= 0.6 is 23.1 Å². The van der Waals surface area contributed by atoms with Crippen LogP contribution in [0.3, 0.4) is 0 Å². The summed E-state index contributed by atoms with van der Waals surface area (Å²) in [6, 6.07) is 18.5. The molecule has 5 rings (SSSR count). The largest absolute Gasteiger partial charge is 0.352 e. The maximum atomic E-state index is 13.5. The molecule has 0 spiro atoms. The first-order valence-electron chi connectivity index (χ1n) is 9.91. The summed E-state index contributed by atoms with van der Waals surface area (Å²) in [4.78, 5) is 13.6. The average molecular weight is 451 g/mol. The summed E-state index contributed by atoms with van der Waals surface area (Å²) in [6.07, 6.45) is 1.72. The zero-order valence-corrected chi connectivity index (χ0v) is 18.1. The second kappa shape index (κ2) is 8.64. The summed E-state index contributed by atoms with van der Waals surface area (Å²) in [5, 5.41) is 14.4. The molecule has 0 atom stereocenters. The Kier molecular flexibility index (Phi) is 5.57. The molecular formula is C23H19FN4OS2. The predicted octanol–water partition coefficient (Wildman–Crippen LogP) is 4.51. The van der Waals surface area contributed by atoms with Gasteiger partial charge in [-0.2, -0.15) is 0 Å². The second-order valence-electron chi connectivity index (χ2n) is 7.33. The van der Waals surface area contributed by atoms with Crippen molar-refractivity contribution in [3.63, 3.8) is 0 Å². The maximum Gasteiger partial charge on any atom is 0.230 e. The van der Waals surface area contributed by atoms with Crippen molar-refractivity contribution in [1.29, 1.82) is 0 Å². The van der Waals surface area contributed by atoms with E-state index in [1.807, 2.05) is 34.2 Å². The summed E-state index contributed by atoms with van der Waals surface area (Å²) in [7, 11) is 0. The molecule has 2 aromatic carbocycles. The van der Waals surface area contributed by atoms with Gasteiger partial charge in [0.15, 0.2) is 11.0 Å². The molecular weight excluding hydrogens is 431 g/mol. The van der Waals surface area contributed by atoms with E-state index in [1.165, 1.54) is 35.0 Å². The minimum Gasteiger partial charge on any atom is -0.352 e. The molecule has 156 valence electrons. The number of thioether (sulfide) groups is 1. The highest BCUT2D eigenvalue weighted by Gasteiger charge is 2.23. The lowest BCUT2D eigenvalue weighted by Crippen LogP contribution is -2.36. The number of rotatable bonds is 6. The zero-order valence-electron chi connectivity index (χ0n) is 16.5. The molecule has 8 heteroatoms. The van der Waals surface area contributed by atoms with Crippen LogP contribution in [0.2, 0.25) is 0 Å². The molecule has 0 bridgehead atoms. The second-order valence-corrected chi connectivity index (χ2v) is 9.22. The third kappa shape index (κ3) is 4.26. The first-order valence-corrected chi connectivity index (χ1v) is 11.8. The van der Waals surface area contributed by atoms with Gasteiger partial charge in [0.05, 0.1) is 10.6 Å². The van der Waals surface area contributed by atoms with Crippen molar-refractivity contribution in [2.75, 3.05) is 5.75 Å². The van der Waals surface area contributed by atoms with E-state index in [0.717, 1.165) is 23.4 Å². The Hall–Kier alpha value is -2.97. The highest BCUT2D eigenvalue weighted by atomic mass is 32.2. The summed E-state index contributed by atoms with van der Waals surface area (Å²) < 4.78 is 15.3. The number of aromatic nitrogens is 3. The Labute approximate surface area is 187 Å². The fourth-order valence-corrected chi connectivity index (χ4v) is 5.27. The minimum absolute atomic E-state index is 0.0332. The lowest BCUT2D eigenvalue weighted by Gasteiger charge is -2.12. The number of nitrogens with one attached hydrogen (secondary N) is 1. The molecule has 1 aliphatic carbocycles. The fraction of sp³-hybridized carbons (Fsp3) is 0.174. The molecule has 1 aliphatic rings. The monoisotopic (exact) mass is 450 g/mol. The van der Waals surface area contributed by atoms with Crippen LogP contribution in [-0.4, -0.2) is 32.5 Å². The van der Waals surface area contributed by atoms with Gasteiger partial charge in [0.1, 0.15) is 5.82 Å². The van der Waals surface area contributed by atoms with Crippen LogP contribution in [-0.2, 0) is 17.6 Å². The van der Waals surface area contributed by atoms with Crippen molar-refractivity contribution in [1.82, 2.24) is 20.1 Å². The average Bonchev–Trinajstić information content (AvgIpc) is 3.51. The molecule has 31 heavy (non-hydrogen) atoms. The number of hydrogen-bond acceptors (Lipinski definition) is 5. The molecule has 0 saturated heterocycles. The summed E-state index contributed by atoms with van der Waals surface area (Å²) in [5.74, 6) is 0.571. The molecule has 5 nitrogen and oxygen atoms in total. The van der Waals surface area contributed by atoms with Crippen LogP contribution in [0.1, 0.15) is 11.1 Å². The van der Waals surface area contributed by atoms with E-state index in [0.29, 0.717) is 11.0 Å². The van der Waals surface area contributed by atoms with Crippen molar-refractivity contribution in [2.24, 2.45) is 0 Å². The van der Waals surface area contributed by atoms with Gasteiger partial charge in [0, 0.05) is 11.7 Å². The molecule has 0 radical (unpaired) electrons. The van der Waals surface area contributed by atoms with E-state index >= 15 is 0 Å². The first kappa shape index (κ1) is 20.0. The molecule has 4 aromatic rings. The van der Waals surface area contributed by atoms with Gasteiger partial charge in [-0.05, 0) is 59.7 Å². The number of fused-ring (bicyclic) bond motifs is 1. The summed E-state index contributed by atoms with van der Waals surface area (Å²) in [6.45, 7) is 0. The molecule has 0 aliphatic heterocycles. The molecule has 0 fully saturated rings. The highest BCUT2D eigenvalue weighted by Crippen LogP contribution is 2.30. The van der Waals surface area contributed by atoms with Gasteiger partial charge in [0.2, 0.25) is 5.91 Å². The molecule has 1 amide bonds. The number of benzene rings is 2. The van der Waals surface area contributed by atoms with Crippen molar-refractivity contribution in [3.05, 3.63) is 83.0 Å². The predicted molar refractivity (Wildman–Crippen MR) is 121 cm³/mol. The van der Waals surface area contributed by atoms with Gasteiger partial charge < -0.3 is 5.32 Å². The number of carbonyl (C=O) groups is 1. The topological polar surface area (TPSA) is 59.8 Å². The minimum atomic E-state index is -0.305. The number of halogens is 1. The van der Waals surface area contributed by atoms with Crippen LogP contribution in [0.4, 0.5) is 4.39 Å². The Morgan fingerprint density at radius 2 is 1.81 bits per heavy atom. The van der Waals surface area contributed by atoms with Gasteiger partial charge in [0.25, 0.3) is 0 Å². The molecule has 2 aromatic heterocycles. The van der Waals surface area contributed by atoms with Crippen LogP contribution in [0.15, 0.2) is 71.2 Å². The van der Waals surface area contributed by atoms with Gasteiger partial charge >= 0.3 is 0 Å². The van der Waals surface area contributed by atoms with Gasteiger partial charge in [-0.25, -0.2) is 4.39 Å². The maximum absolute atomic E-state index is 13.5. The SMILES string of the molecule is O=C(CSc1nnc(-c2cccs2)n1-c1ccc(F)cc1)NC1Cc2ccccc2C1. The molecule has 0 saturated carbocycles. The normalized spacial score (nSPS) is 13.3. The third-order valence-corrected chi connectivity index (χ3v) is 7.00. The van der Waals surface area contributed by atoms with Crippen LogP contribution in [0, 0.1) is 5.82 Å². The quantitative estimate of drug-likeness (QED) is 0.439. The van der Waals surface area contributed by atoms with E-state index in [-0.39, 0.29) is 23.5 Å². The van der Waals surface area contributed by atoms with E-state index < -0.39 is 0 Å². The molecule has 0 unspecified atom stereocenters. The van der Waals surface area contributed by atoms with E-state index in [9.17, 15) is 9.18 Å². The van der Waals surface area contributed by atoms with Gasteiger partial charge in [-0.15, -0.1) is 21.5 Å². The summed E-state index contributed by atoms with van der Waals surface area (Å²) >= 11 is 2.88. The Balaban J connectivity index is 1.31. The van der Waals surface area contributed by atoms with E-state index in [2.05, 4.69) is 27.6 Å². The number of thiophene rings is 1. The molecule has 2 heterocycles.